The number of hydrogen-bond donors (Lipinski definition) is 0. The summed E-state index contributed by atoms with van der Waals surface area (Å²) in [5.41, 5.74) is 0.867. The average Bonchev–Trinajstić information content (AvgIpc) is 2.61. The molecule has 0 aromatic rings. The molecule has 19 heavy (non-hydrogen) atoms. The Balaban J connectivity index is 2.39. The standard InChI is InChI=1S/C15H22N2O2/c1-10(2)13-14(18)16(11(3)4)15(19)17(13)12-8-6-5-7-9-12/h6,8-11,13H,5,7H2,1-4H3. The zero-order chi connectivity index (χ0) is 14.2. The van der Waals surface area contributed by atoms with Crippen LogP contribution in [-0.2, 0) is 4.79 Å². The zero-order valence-electron chi connectivity index (χ0n) is 12.1. The van der Waals surface area contributed by atoms with Crippen molar-refractivity contribution in [3.63, 3.8) is 0 Å². The molecule has 0 radical (unpaired) electrons. The fraction of sp³-hybridized carbons (Fsp3) is 0.600. The number of rotatable bonds is 3. The molecule has 0 bridgehead atoms. The number of carbonyl (C=O) groups is 2. The minimum Gasteiger partial charge on any atom is -0.282 e. The highest BCUT2D eigenvalue weighted by atomic mass is 16.2. The number of allylic oxidation sites excluding steroid dienone is 3. The summed E-state index contributed by atoms with van der Waals surface area (Å²) < 4.78 is 0. The molecular weight excluding hydrogens is 240 g/mol. The fourth-order valence-electron chi connectivity index (χ4n) is 2.69. The van der Waals surface area contributed by atoms with Gasteiger partial charge < -0.3 is 0 Å². The number of urea groups is 1. The van der Waals surface area contributed by atoms with Gasteiger partial charge in [0.1, 0.15) is 6.04 Å². The van der Waals surface area contributed by atoms with Crippen LogP contribution < -0.4 is 0 Å². The van der Waals surface area contributed by atoms with Gasteiger partial charge in [0.2, 0.25) is 0 Å². The monoisotopic (exact) mass is 262 g/mol. The minimum atomic E-state index is -0.371. The maximum absolute atomic E-state index is 12.5. The van der Waals surface area contributed by atoms with Crippen LogP contribution in [0.15, 0.2) is 23.9 Å². The topological polar surface area (TPSA) is 40.6 Å². The predicted octanol–water partition coefficient (Wildman–Crippen LogP) is 2.92. The number of nitrogens with zero attached hydrogens (tertiary/aromatic N) is 2. The maximum atomic E-state index is 12.5. The van der Waals surface area contributed by atoms with E-state index in [2.05, 4.69) is 6.08 Å². The molecule has 2 aliphatic rings. The van der Waals surface area contributed by atoms with E-state index in [4.69, 9.17) is 0 Å². The molecule has 1 fully saturated rings. The second kappa shape index (κ2) is 5.19. The molecule has 3 amide bonds. The minimum absolute atomic E-state index is 0.0742. The summed E-state index contributed by atoms with van der Waals surface area (Å²) in [5, 5.41) is 0. The van der Waals surface area contributed by atoms with Crippen molar-refractivity contribution in [2.24, 2.45) is 5.92 Å². The van der Waals surface area contributed by atoms with E-state index in [9.17, 15) is 9.59 Å². The van der Waals surface area contributed by atoms with Gasteiger partial charge in [-0.05, 0) is 38.7 Å². The van der Waals surface area contributed by atoms with Gasteiger partial charge >= 0.3 is 6.03 Å². The Bertz CT molecular complexity index is 449. The number of imide groups is 1. The summed E-state index contributed by atoms with van der Waals surface area (Å²) >= 11 is 0. The lowest BCUT2D eigenvalue weighted by atomic mass is 10.0. The van der Waals surface area contributed by atoms with Crippen LogP contribution in [-0.4, -0.2) is 33.8 Å². The molecule has 0 N–H and O–H groups in total. The first-order valence-electron chi connectivity index (χ1n) is 6.98. The Morgan fingerprint density at radius 1 is 1.16 bits per heavy atom. The first-order chi connectivity index (χ1) is 8.95. The molecule has 0 aromatic heterocycles. The van der Waals surface area contributed by atoms with Crippen molar-refractivity contribution in [3.8, 4) is 0 Å². The van der Waals surface area contributed by atoms with Gasteiger partial charge in [-0.25, -0.2) is 4.79 Å². The normalized spacial score (nSPS) is 23.9. The first kappa shape index (κ1) is 13.8. The van der Waals surface area contributed by atoms with E-state index in [-0.39, 0.29) is 29.9 Å². The summed E-state index contributed by atoms with van der Waals surface area (Å²) in [7, 11) is 0. The van der Waals surface area contributed by atoms with Crippen LogP contribution in [0.3, 0.4) is 0 Å². The van der Waals surface area contributed by atoms with Crippen LogP contribution in [0.2, 0.25) is 0 Å². The van der Waals surface area contributed by atoms with Gasteiger partial charge in [0.15, 0.2) is 0 Å². The van der Waals surface area contributed by atoms with E-state index in [1.807, 2.05) is 39.8 Å². The summed E-state index contributed by atoms with van der Waals surface area (Å²) in [4.78, 5) is 28.0. The summed E-state index contributed by atoms with van der Waals surface area (Å²) in [6.07, 6.45) is 7.98. The first-order valence-corrected chi connectivity index (χ1v) is 6.98. The molecule has 4 nitrogen and oxygen atoms in total. The third-order valence-corrected chi connectivity index (χ3v) is 3.58. The summed E-state index contributed by atoms with van der Waals surface area (Å²) in [6, 6.07) is -0.653. The van der Waals surface area contributed by atoms with Crippen LogP contribution >= 0.6 is 0 Å². The van der Waals surface area contributed by atoms with Gasteiger partial charge in [0, 0.05) is 11.7 Å². The third-order valence-electron chi connectivity index (χ3n) is 3.58. The van der Waals surface area contributed by atoms with Crippen LogP contribution in [0, 0.1) is 5.92 Å². The molecule has 0 aromatic carbocycles. The maximum Gasteiger partial charge on any atom is 0.332 e. The van der Waals surface area contributed by atoms with E-state index in [0.717, 1.165) is 18.5 Å². The van der Waals surface area contributed by atoms with Crippen LogP contribution in [0.1, 0.15) is 40.5 Å². The largest absolute Gasteiger partial charge is 0.332 e. The Kier molecular flexibility index (Phi) is 3.78. The van der Waals surface area contributed by atoms with Crippen molar-refractivity contribution in [1.82, 2.24) is 9.80 Å². The number of carbonyl (C=O) groups excluding carboxylic acids is 2. The van der Waals surface area contributed by atoms with Crippen LogP contribution in [0.4, 0.5) is 4.79 Å². The molecule has 0 saturated carbocycles. The van der Waals surface area contributed by atoms with E-state index < -0.39 is 0 Å². The molecule has 0 spiro atoms. The Morgan fingerprint density at radius 3 is 2.32 bits per heavy atom. The van der Waals surface area contributed by atoms with Crippen molar-refractivity contribution in [1.29, 1.82) is 0 Å². The molecule has 1 saturated heterocycles. The van der Waals surface area contributed by atoms with Gasteiger partial charge in [0.25, 0.3) is 5.91 Å². The van der Waals surface area contributed by atoms with Gasteiger partial charge in [0.05, 0.1) is 0 Å². The van der Waals surface area contributed by atoms with Crippen molar-refractivity contribution < 1.29 is 9.59 Å². The SMILES string of the molecule is CC(C)C1C(=O)N(C(C)C)C(=O)N1C1=CCCC=C1. The summed E-state index contributed by atoms with van der Waals surface area (Å²) in [6.45, 7) is 7.73. The predicted molar refractivity (Wildman–Crippen MR) is 74.3 cm³/mol. The fourth-order valence-corrected chi connectivity index (χ4v) is 2.69. The van der Waals surface area contributed by atoms with Crippen LogP contribution in [0.25, 0.3) is 0 Å². The molecule has 1 aliphatic carbocycles. The molecule has 4 heteroatoms. The lowest BCUT2D eigenvalue weighted by Crippen LogP contribution is -2.38. The quantitative estimate of drug-likeness (QED) is 0.734. The van der Waals surface area contributed by atoms with Crippen molar-refractivity contribution in [3.05, 3.63) is 23.9 Å². The Morgan fingerprint density at radius 2 is 1.84 bits per heavy atom. The van der Waals surface area contributed by atoms with E-state index in [0.29, 0.717) is 0 Å². The second-order valence-corrected chi connectivity index (χ2v) is 5.75. The zero-order valence-corrected chi connectivity index (χ0v) is 12.1. The van der Waals surface area contributed by atoms with Gasteiger partial charge in [-0.2, -0.15) is 0 Å². The average molecular weight is 262 g/mol. The van der Waals surface area contributed by atoms with Crippen molar-refractivity contribution in [2.75, 3.05) is 0 Å². The molecule has 1 heterocycles. The third kappa shape index (κ3) is 2.31. The van der Waals surface area contributed by atoms with Gasteiger partial charge in [-0.3, -0.25) is 14.6 Å². The highest BCUT2D eigenvalue weighted by molar-refractivity contribution is 6.05. The molecule has 2 rings (SSSR count). The van der Waals surface area contributed by atoms with E-state index in [1.54, 1.807) is 4.90 Å². The Labute approximate surface area is 114 Å². The number of amides is 3. The highest BCUT2D eigenvalue weighted by Gasteiger charge is 2.48. The van der Waals surface area contributed by atoms with E-state index in [1.165, 1.54) is 4.90 Å². The van der Waals surface area contributed by atoms with Crippen LogP contribution in [0.5, 0.6) is 0 Å². The lowest BCUT2D eigenvalue weighted by molar-refractivity contribution is -0.130. The Hall–Kier alpha value is -1.58. The highest BCUT2D eigenvalue weighted by Crippen LogP contribution is 2.30. The molecule has 1 atom stereocenters. The molecule has 1 unspecified atom stereocenters. The van der Waals surface area contributed by atoms with E-state index >= 15 is 0 Å². The molecule has 104 valence electrons. The second-order valence-electron chi connectivity index (χ2n) is 5.75. The van der Waals surface area contributed by atoms with Crippen molar-refractivity contribution in [2.45, 2.75) is 52.6 Å². The number of hydrogen-bond acceptors (Lipinski definition) is 2. The molecular formula is C15H22N2O2. The smallest absolute Gasteiger partial charge is 0.282 e. The lowest BCUT2D eigenvalue weighted by Gasteiger charge is -2.26. The van der Waals surface area contributed by atoms with Crippen molar-refractivity contribution >= 4 is 11.9 Å². The van der Waals surface area contributed by atoms with Gasteiger partial charge in [-0.1, -0.05) is 26.0 Å². The van der Waals surface area contributed by atoms with Gasteiger partial charge in [-0.15, -0.1) is 0 Å². The molecule has 1 aliphatic heterocycles. The summed E-state index contributed by atoms with van der Waals surface area (Å²) in [5.74, 6) is 0.0336.